The molecule has 1 aromatic carbocycles. The Kier molecular flexibility index (Phi) is 9.11. The maximum Gasteiger partial charge on any atom is 0.141 e. The summed E-state index contributed by atoms with van der Waals surface area (Å²) in [5.74, 6) is 1.95. The number of rotatable bonds is 10. The highest BCUT2D eigenvalue weighted by Gasteiger charge is 2.20. The van der Waals surface area contributed by atoms with Crippen molar-refractivity contribution in [3.63, 3.8) is 0 Å². The van der Waals surface area contributed by atoms with Crippen molar-refractivity contribution < 1.29 is 13.7 Å². The van der Waals surface area contributed by atoms with Crippen molar-refractivity contribution in [1.82, 2.24) is 18.6 Å². The Labute approximate surface area is 221 Å². The zero-order chi connectivity index (χ0) is 25.7. The molecule has 3 heterocycles. The van der Waals surface area contributed by atoms with Crippen LogP contribution >= 0.6 is 11.6 Å². The SMILES string of the molecule is CCS(=O)N1CCCN(c2ccn3cc(-c4cc(Cl)c(OC)cc4OCCCN(C)C)nc3c2)CC1. The molecule has 1 saturated heterocycles. The van der Waals surface area contributed by atoms with Gasteiger partial charge in [0.15, 0.2) is 0 Å². The van der Waals surface area contributed by atoms with Crippen LogP contribution in [0.5, 0.6) is 11.5 Å². The topological polar surface area (TPSA) is 62.6 Å². The van der Waals surface area contributed by atoms with Crippen LogP contribution in [-0.2, 0) is 11.0 Å². The molecular formula is C26H36ClN5O3S. The molecule has 2 aromatic heterocycles. The van der Waals surface area contributed by atoms with Crippen molar-refractivity contribution in [1.29, 1.82) is 0 Å². The predicted octanol–water partition coefficient (Wildman–Crippen LogP) is 4.19. The molecule has 4 rings (SSSR count). The highest BCUT2D eigenvalue weighted by molar-refractivity contribution is 7.82. The van der Waals surface area contributed by atoms with Gasteiger partial charge in [0.2, 0.25) is 0 Å². The van der Waals surface area contributed by atoms with Gasteiger partial charge < -0.3 is 23.7 Å². The largest absolute Gasteiger partial charge is 0.495 e. The summed E-state index contributed by atoms with van der Waals surface area (Å²) >= 11 is 6.49. The van der Waals surface area contributed by atoms with Crippen molar-refractivity contribution in [2.45, 2.75) is 19.8 Å². The number of pyridine rings is 1. The molecule has 0 bridgehead atoms. The van der Waals surface area contributed by atoms with Crippen LogP contribution in [0, 0.1) is 0 Å². The van der Waals surface area contributed by atoms with E-state index in [2.05, 4.69) is 40.3 Å². The molecule has 1 aliphatic rings. The fraction of sp³-hybridized carbons (Fsp3) is 0.500. The molecule has 0 saturated carbocycles. The summed E-state index contributed by atoms with van der Waals surface area (Å²) in [5, 5.41) is 0.518. The first-order chi connectivity index (χ1) is 17.4. The third-order valence-corrected chi connectivity index (χ3v) is 8.07. The number of ether oxygens (including phenoxy) is 2. The molecule has 0 aliphatic carbocycles. The van der Waals surface area contributed by atoms with E-state index in [0.29, 0.717) is 28.9 Å². The molecule has 0 N–H and O–H groups in total. The lowest BCUT2D eigenvalue weighted by Gasteiger charge is -2.23. The van der Waals surface area contributed by atoms with E-state index < -0.39 is 11.0 Å². The van der Waals surface area contributed by atoms with E-state index in [1.807, 2.05) is 35.9 Å². The minimum atomic E-state index is -0.892. The van der Waals surface area contributed by atoms with Crippen molar-refractivity contribution in [2.24, 2.45) is 0 Å². The summed E-state index contributed by atoms with van der Waals surface area (Å²) in [7, 11) is 4.81. The summed E-state index contributed by atoms with van der Waals surface area (Å²) in [6, 6.07) is 7.93. The van der Waals surface area contributed by atoms with E-state index in [9.17, 15) is 4.21 Å². The zero-order valence-electron chi connectivity index (χ0n) is 21.6. The smallest absolute Gasteiger partial charge is 0.141 e. The summed E-state index contributed by atoms with van der Waals surface area (Å²) in [4.78, 5) is 9.41. The highest BCUT2D eigenvalue weighted by atomic mass is 35.5. The molecule has 10 heteroatoms. The lowest BCUT2D eigenvalue weighted by molar-refractivity contribution is 0.281. The number of fused-ring (bicyclic) bond motifs is 1. The number of hydrogen-bond acceptors (Lipinski definition) is 6. The Hall–Kier alpha value is -2.33. The van der Waals surface area contributed by atoms with Gasteiger partial charge in [-0.25, -0.2) is 13.5 Å². The summed E-state index contributed by atoms with van der Waals surface area (Å²) in [6.07, 6.45) is 5.93. The Morgan fingerprint density at radius 1 is 1.14 bits per heavy atom. The first-order valence-corrected chi connectivity index (χ1v) is 14.1. The number of anilines is 1. The van der Waals surface area contributed by atoms with Crippen molar-refractivity contribution in [3.05, 3.63) is 41.7 Å². The van der Waals surface area contributed by atoms with Crippen LogP contribution in [-0.4, -0.2) is 89.1 Å². The third-order valence-electron chi connectivity index (χ3n) is 6.34. The lowest BCUT2D eigenvalue weighted by atomic mass is 10.1. The van der Waals surface area contributed by atoms with Crippen LogP contribution < -0.4 is 14.4 Å². The van der Waals surface area contributed by atoms with E-state index in [-0.39, 0.29) is 0 Å². The second-order valence-electron chi connectivity index (χ2n) is 9.14. The number of nitrogens with zero attached hydrogens (tertiary/aromatic N) is 5. The van der Waals surface area contributed by atoms with Crippen LogP contribution in [0.3, 0.4) is 0 Å². The number of benzene rings is 1. The number of aromatic nitrogens is 2. The van der Waals surface area contributed by atoms with Crippen LogP contribution in [0.4, 0.5) is 5.69 Å². The van der Waals surface area contributed by atoms with Crippen molar-refractivity contribution in [2.75, 3.05) is 71.2 Å². The van der Waals surface area contributed by atoms with Crippen molar-refractivity contribution in [3.8, 4) is 22.8 Å². The van der Waals surface area contributed by atoms with E-state index in [4.69, 9.17) is 26.1 Å². The van der Waals surface area contributed by atoms with Crippen LogP contribution in [0.1, 0.15) is 19.8 Å². The average molecular weight is 534 g/mol. The fourth-order valence-electron chi connectivity index (χ4n) is 4.41. The van der Waals surface area contributed by atoms with Gasteiger partial charge in [0.05, 0.1) is 35.4 Å². The summed E-state index contributed by atoms with van der Waals surface area (Å²) in [6.45, 7) is 6.93. The Morgan fingerprint density at radius 2 is 1.97 bits per heavy atom. The Bertz CT molecular complexity index is 1200. The lowest BCUT2D eigenvalue weighted by Crippen LogP contribution is -2.32. The minimum absolute atomic E-state index is 0.518. The second-order valence-corrected chi connectivity index (χ2v) is 11.3. The van der Waals surface area contributed by atoms with E-state index in [0.717, 1.165) is 68.2 Å². The predicted molar refractivity (Wildman–Crippen MR) is 148 cm³/mol. The molecule has 0 radical (unpaired) electrons. The van der Waals surface area contributed by atoms with Gasteiger partial charge in [0.1, 0.15) is 17.1 Å². The van der Waals surface area contributed by atoms with Gasteiger partial charge in [-0.3, -0.25) is 0 Å². The molecule has 8 nitrogen and oxygen atoms in total. The molecule has 1 atom stereocenters. The minimum Gasteiger partial charge on any atom is -0.495 e. The number of hydrogen-bond donors (Lipinski definition) is 0. The van der Waals surface area contributed by atoms with E-state index in [1.165, 1.54) is 0 Å². The third kappa shape index (κ3) is 6.32. The van der Waals surface area contributed by atoms with Crippen molar-refractivity contribution >= 4 is 33.9 Å². The second kappa shape index (κ2) is 12.3. The molecule has 0 spiro atoms. The van der Waals surface area contributed by atoms with Gasteiger partial charge in [-0.15, -0.1) is 0 Å². The molecule has 1 unspecified atom stereocenters. The molecular weight excluding hydrogens is 498 g/mol. The van der Waals surface area contributed by atoms with Gasteiger partial charge in [-0.05, 0) is 39.1 Å². The van der Waals surface area contributed by atoms with Gasteiger partial charge >= 0.3 is 0 Å². The molecule has 36 heavy (non-hydrogen) atoms. The highest BCUT2D eigenvalue weighted by Crippen LogP contribution is 2.38. The monoisotopic (exact) mass is 533 g/mol. The van der Waals surface area contributed by atoms with Gasteiger partial charge in [0, 0.05) is 74.3 Å². The zero-order valence-corrected chi connectivity index (χ0v) is 23.1. The van der Waals surface area contributed by atoms with Gasteiger partial charge in [0.25, 0.3) is 0 Å². The Morgan fingerprint density at radius 3 is 2.72 bits per heavy atom. The molecule has 3 aromatic rings. The van der Waals surface area contributed by atoms with Crippen LogP contribution in [0.25, 0.3) is 16.9 Å². The molecule has 196 valence electrons. The average Bonchev–Trinajstić information content (AvgIpc) is 3.14. The fourth-order valence-corrected chi connectivity index (χ4v) is 5.63. The maximum atomic E-state index is 12.3. The first-order valence-electron chi connectivity index (χ1n) is 12.4. The van der Waals surface area contributed by atoms with Gasteiger partial charge in [-0.1, -0.05) is 18.5 Å². The van der Waals surface area contributed by atoms with Gasteiger partial charge in [-0.2, -0.15) is 0 Å². The molecule has 1 fully saturated rings. The Balaban J connectivity index is 1.58. The number of methoxy groups -OCH3 is 1. The van der Waals surface area contributed by atoms with Crippen LogP contribution in [0.15, 0.2) is 36.7 Å². The maximum absolute atomic E-state index is 12.3. The standard InChI is InChI=1S/C26H36ClN5O3S/c1-5-36(33)32-11-6-10-30(13-14-32)20-8-12-31-19-23(28-26(31)16-20)21-17-22(27)25(34-4)18-24(21)35-15-7-9-29(2)3/h8,12,16-19H,5-7,9-11,13-15H2,1-4H3. The quantitative estimate of drug-likeness (QED) is 0.364. The normalized spacial score (nSPS) is 15.9. The number of imidazole rings is 1. The molecule has 0 amide bonds. The van der Waals surface area contributed by atoms with Crippen LogP contribution in [0.2, 0.25) is 5.02 Å². The summed E-state index contributed by atoms with van der Waals surface area (Å²) in [5.41, 5.74) is 3.60. The molecule has 1 aliphatic heterocycles. The number of halogens is 1. The first kappa shape index (κ1) is 26.7. The summed E-state index contributed by atoms with van der Waals surface area (Å²) < 4.78 is 27.9. The van der Waals surface area contributed by atoms with E-state index >= 15 is 0 Å². The van der Waals surface area contributed by atoms with E-state index in [1.54, 1.807) is 7.11 Å².